The number of carbonyl (C=O) groups is 2. The number of benzene rings is 2. The number of ether oxygens (including phenoxy) is 2. The van der Waals surface area contributed by atoms with Gasteiger partial charge >= 0.3 is 11.9 Å². The van der Waals surface area contributed by atoms with Crippen LogP contribution in [0.1, 0.15) is 61.7 Å². The fourth-order valence-electron chi connectivity index (χ4n) is 3.76. The summed E-state index contributed by atoms with van der Waals surface area (Å²) in [5, 5.41) is 42.3. The molecular formula is C28H36N8O6. The van der Waals surface area contributed by atoms with Crippen molar-refractivity contribution in [3.05, 3.63) is 83.4 Å². The first-order valence-electron chi connectivity index (χ1n) is 13.3. The third-order valence-corrected chi connectivity index (χ3v) is 6.25. The van der Waals surface area contributed by atoms with Gasteiger partial charge in [0.2, 0.25) is 5.82 Å². The van der Waals surface area contributed by atoms with Crippen LogP contribution in [0.3, 0.4) is 0 Å². The van der Waals surface area contributed by atoms with Gasteiger partial charge in [0, 0.05) is 7.05 Å². The molecule has 0 radical (unpaired) electrons. The van der Waals surface area contributed by atoms with Gasteiger partial charge in [0.1, 0.15) is 25.4 Å². The number of carbonyl (C=O) groups excluding carboxylic acids is 2. The Bertz CT molecular complexity index is 1380. The van der Waals surface area contributed by atoms with Crippen LogP contribution in [0, 0.1) is 11.8 Å². The lowest BCUT2D eigenvalue weighted by molar-refractivity contribution is -0.147. The molecule has 14 heteroatoms. The third kappa shape index (κ3) is 10.1. The Morgan fingerprint density at radius 2 is 1.26 bits per heavy atom. The van der Waals surface area contributed by atoms with Gasteiger partial charge in [-0.2, -0.15) is 4.80 Å². The number of aliphatic hydroxyl groups is 2. The molecule has 0 saturated carbocycles. The van der Waals surface area contributed by atoms with Crippen molar-refractivity contribution in [1.29, 1.82) is 0 Å². The molecule has 2 aromatic carbocycles. The van der Waals surface area contributed by atoms with E-state index in [0.29, 0.717) is 5.82 Å². The predicted octanol–water partition coefficient (Wildman–Crippen LogP) is 2.03. The molecule has 0 aliphatic heterocycles. The molecule has 0 fully saturated rings. The summed E-state index contributed by atoms with van der Waals surface area (Å²) in [5.74, 6) is -0.871. The van der Waals surface area contributed by atoms with Gasteiger partial charge in [0.25, 0.3) is 0 Å². The van der Waals surface area contributed by atoms with Crippen molar-refractivity contribution in [1.82, 2.24) is 40.4 Å². The molecular weight excluding hydrogens is 544 g/mol. The highest BCUT2D eigenvalue weighted by molar-refractivity contribution is 5.70. The number of aromatic nitrogens is 8. The molecule has 2 N–H and O–H groups in total. The molecule has 0 saturated heterocycles. The lowest BCUT2D eigenvalue weighted by atomic mass is 10.0. The van der Waals surface area contributed by atoms with Crippen molar-refractivity contribution in [3.8, 4) is 0 Å². The second kappa shape index (κ2) is 16.0. The minimum Gasteiger partial charge on any atom is -0.461 e. The molecule has 0 amide bonds. The Morgan fingerprint density at radius 1 is 0.762 bits per heavy atom. The first kappa shape index (κ1) is 32.0. The van der Waals surface area contributed by atoms with E-state index >= 15 is 0 Å². The van der Waals surface area contributed by atoms with Crippen LogP contribution in [0.25, 0.3) is 0 Å². The lowest BCUT2D eigenvalue weighted by Gasteiger charge is -2.16. The van der Waals surface area contributed by atoms with Gasteiger partial charge in [-0.3, -0.25) is 9.59 Å². The molecule has 0 unspecified atom stereocenters. The molecule has 2 aromatic heterocycles. The van der Waals surface area contributed by atoms with Crippen molar-refractivity contribution < 1.29 is 29.3 Å². The Labute approximate surface area is 243 Å². The Hall–Kier alpha value is -4.56. The minimum atomic E-state index is -0.942. The molecule has 4 aromatic rings. The highest BCUT2D eigenvalue weighted by Crippen LogP contribution is 2.23. The number of hydrogen-bond acceptors (Lipinski definition) is 12. The summed E-state index contributed by atoms with van der Waals surface area (Å²) in [4.78, 5) is 24.8. The van der Waals surface area contributed by atoms with E-state index in [1.165, 1.54) is 9.48 Å². The topological polar surface area (TPSA) is 180 Å². The van der Waals surface area contributed by atoms with Crippen molar-refractivity contribution in [2.75, 3.05) is 0 Å². The van der Waals surface area contributed by atoms with Gasteiger partial charge in [0.15, 0.2) is 5.82 Å². The number of aryl methyl sites for hydroxylation is 2. The van der Waals surface area contributed by atoms with E-state index in [1.807, 2.05) is 60.7 Å². The molecule has 4 rings (SSSR count). The van der Waals surface area contributed by atoms with Crippen LogP contribution >= 0.6 is 0 Å². The average Bonchev–Trinajstić information content (AvgIpc) is 3.63. The largest absolute Gasteiger partial charge is 0.461 e. The fraction of sp³-hybridized carbons (Fsp3) is 0.429. The average molecular weight is 581 g/mol. The standard InChI is InChI=1S/2C14H18N4O3/c1-10(13(20)14-15-16-17-18(14)2)8-12(19)21-9-11-6-4-3-5-7-11;1-10(13(20)14-15-17-18(2)16-14)8-12(19)21-9-11-6-4-3-5-7-11/h2*3-7,10,13,20H,8-9H2,1-2H3/t2*10-,13+/m11/s1. The molecule has 14 nitrogen and oxygen atoms in total. The predicted molar refractivity (Wildman–Crippen MR) is 148 cm³/mol. The molecule has 2 heterocycles. The molecule has 0 bridgehead atoms. The van der Waals surface area contributed by atoms with Gasteiger partial charge in [-0.1, -0.05) is 74.5 Å². The van der Waals surface area contributed by atoms with Crippen LogP contribution in [0.4, 0.5) is 0 Å². The summed E-state index contributed by atoms with van der Waals surface area (Å²) in [7, 11) is 3.25. The number of aliphatic hydroxyl groups excluding tert-OH is 2. The number of rotatable bonds is 12. The number of nitrogens with zero attached hydrogens (tertiary/aromatic N) is 8. The summed E-state index contributed by atoms with van der Waals surface area (Å²) < 4.78 is 11.8. The van der Waals surface area contributed by atoms with E-state index in [9.17, 15) is 19.8 Å². The Balaban J connectivity index is 0.000000230. The third-order valence-electron chi connectivity index (χ3n) is 6.25. The van der Waals surface area contributed by atoms with Crippen LogP contribution in [-0.4, -0.2) is 62.6 Å². The molecule has 224 valence electrons. The summed E-state index contributed by atoms with van der Waals surface area (Å²) in [6.07, 6.45) is -1.66. The minimum absolute atomic E-state index is 0.0895. The zero-order chi connectivity index (χ0) is 30.5. The molecule has 42 heavy (non-hydrogen) atoms. The SMILES string of the molecule is C[C@H](CC(=O)OCc1ccccc1)[C@H](O)c1nnn(C)n1.C[C@H](CC(=O)OCc1ccccc1)[C@H](O)c1nnnn1C. The van der Waals surface area contributed by atoms with Gasteiger partial charge in [0.05, 0.1) is 19.9 Å². The van der Waals surface area contributed by atoms with E-state index in [0.717, 1.165) is 11.1 Å². The first-order valence-corrected chi connectivity index (χ1v) is 13.3. The van der Waals surface area contributed by atoms with Crippen LogP contribution < -0.4 is 0 Å². The number of hydrogen-bond donors (Lipinski definition) is 2. The summed E-state index contributed by atoms with van der Waals surface area (Å²) in [5.41, 5.74) is 1.85. The highest BCUT2D eigenvalue weighted by atomic mass is 16.5. The van der Waals surface area contributed by atoms with E-state index in [1.54, 1.807) is 27.9 Å². The maximum Gasteiger partial charge on any atom is 0.306 e. The van der Waals surface area contributed by atoms with E-state index in [2.05, 4.69) is 30.9 Å². The van der Waals surface area contributed by atoms with Crippen LogP contribution in [0.2, 0.25) is 0 Å². The zero-order valence-electron chi connectivity index (χ0n) is 24.0. The summed E-state index contributed by atoms with van der Waals surface area (Å²) >= 11 is 0. The van der Waals surface area contributed by atoms with Gasteiger partial charge < -0.3 is 19.7 Å². The van der Waals surface area contributed by atoms with Crippen LogP contribution in [0.15, 0.2) is 60.7 Å². The zero-order valence-corrected chi connectivity index (χ0v) is 24.0. The second-order valence-electron chi connectivity index (χ2n) is 9.84. The van der Waals surface area contributed by atoms with Gasteiger partial charge in [-0.25, -0.2) is 4.68 Å². The monoisotopic (exact) mass is 580 g/mol. The quantitative estimate of drug-likeness (QED) is 0.233. The highest BCUT2D eigenvalue weighted by Gasteiger charge is 2.25. The van der Waals surface area contributed by atoms with Gasteiger partial charge in [-0.15, -0.1) is 15.3 Å². The van der Waals surface area contributed by atoms with Crippen LogP contribution in [-0.2, 0) is 46.4 Å². The number of tetrazole rings is 2. The lowest BCUT2D eigenvalue weighted by Crippen LogP contribution is -2.18. The Kier molecular flexibility index (Phi) is 12.2. The molecule has 0 aliphatic rings. The first-order chi connectivity index (χ1) is 20.1. The Morgan fingerprint density at radius 3 is 1.69 bits per heavy atom. The molecule has 0 spiro atoms. The smallest absolute Gasteiger partial charge is 0.306 e. The summed E-state index contributed by atoms with van der Waals surface area (Å²) in [6, 6.07) is 18.9. The van der Waals surface area contributed by atoms with Crippen molar-refractivity contribution >= 4 is 11.9 Å². The molecule has 0 aliphatic carbocycles. The number of esters is 2. The van der Waals surface area contributed by atoms with Gasteiger partial charge in [-0.05, 0) is 38.6 Å². The molecule has 4 atom stereocenters. The summed E-state index contributed by atoms with van der Waals surface area (Å²) in [6.45, 7) is 3.95. The van der Waals surface area contributed by atoms with Crippen LogP contribution in [0.5, 0.6) is 0 Å². The van der Waals surface area contributed by atoms with E-state index in [-0.39, 0.29) is 55.7 Å². The maximum atomic E-state index is 11.8. The van der Waals surface area contributed by atoms with E-state index in [4.69, 9.17) is 9.47 Å². The second-order valence-corrected chi connectivity index (χ2v) is 9.84. The van der Waals surface area contributed by atoms with Crippen molar-refractivity contribution in [3.63, 3.8) is 0 Å². The maximum absolute atomic E-state index is 11.8. The normalized spacial score (nSPS) is 13.7. The van der Waals surface area contributed by atoms with Crippen molar-refractivity contribution in [2.45, 2.75) is 52.1 Å². The van der Waals surface area contributed by atoms with E-state index < -0.39 is 12.2 Å². The van der Waals surface area contributed by atoms with Crippen molar-refractivity contribution in [2.24, 2.45) is 25.9 Å². The fourth-order valence-corrected chi connectivity index (χ4v) is 3.76.